The Bertz CT molecular complexity index is 1560. The maximum absolute atomic E-state index is 13.3. The highest BCUT2D eigenvalue weighted by Crippen LogP contribution is 2.36. The van der Waals surface area contributed by atoms with Crippen molar-refractivity contribution in [3.8, 4) is 22.1 Å². The molecule has 5 aromatic rings. The monoisotopic (exact) mass is 484 g/mol. The third-order valence-corrected chi connectivity index (χ3v) is 8.57. The zero-order valence-electron chi connectivity index (χ0n) is 19.3. The van der Waals surface area contributed by atoms with Crippen LogP contribution in [0.3, 0.4) is 0 Å². The number of rotatable bonds is 4. The Morgan fingerprint density at radius 3 is 2.60 bits per heavy atom. The van der Waals surface area contributed by atoms with Crippen LogP contribution >= 0.6 is 11.3 Å². The van der Waals surface area contributed by atoms with Crippen LogP contribution in [0.15, 0.2) is 70.3 Å². The summed E-state index contributed by atoms with van der Waals surface area (Å²) >= 11 is 1.39. The zero-order valence-corrected chi connectivity index (χ0v) is 20.1. The number of furan rings is 1. The van der Waals surface area contributed by atoms with Crippen molar-refractivity contribution in [3.05, 3.63) is 71.4 Å². The first-order chi connectivity index (χ1) is 17.1. The molecule has 2 aliphatic heterocycles. The molecular formula is C27H24N4O3S. The fourth-order valence-electron chi connectivity index (χ4n) is 5.54. The van der Waals surface area contributed by atoms with Crippen molar-refractivity contribution in [1.82, 2.24) is 19.4 Å². The Hall–Kier alpha value is -3.49. The number of aromatic nitrogens is 3. The van der Waals surface area contributed by atoms with E-state index < -0.39 is 0 Å². The highest BCUT2D eigenvalue weighted by Gasteiger charge is 2.39. The molecule has 0 radical (unpaired) electrons. The van der Waals surface area contributed by atoms with Gasteiger partial charge in [0.05, 0.1) is 16.1 Å². The van der Waals surface area contributed by atoms with Gasteiger partial charge in [-0.05, 0) is 75.2 Å². The van der Waals surface area contributed by atoms with Crippen molar-refractivity contribution in [2.24, 2.45) is 0 Å². The van der Waals surface area contributed by atoms with Gasteiger partial charge in [0.15, 0.2) is 5.58 Å². The summed E-state index contributed by atoms with van der Waals surface area (Å²) in [5, 5.41) is 0. The van der Waals surface area contributed by atoms with Crippen LogP contribution in [0.25, 0.3) is 37.6 Å². The number of fused-ring (bicyclic) bond motifs is 4. The van der Waals surface area contributed by atoms with Crippen LogP contribution < -0.4 is 10.3 Å². The van der Waals surface area contributed by atoms with E-state index in [4.69, 9.17) is 9.15 Å². The van der Waals surface area contributed by atoms with E-state index in [0.29, 0.717) is 28.1 Å². The van der Waals surface area contributed by atoms with Crippen molar-refractivity contribution < 1.29 is 9.15 Å². The molecule has 0 unspecified atom stereocenters. The molecule has 176 valence electrons. The first kappa shape index (κ1) is 20.8. The van der Waals surface area contributed by atoms with Crippen LogP contribution in [0.2, 0.25) is 0 Å². The van der Waals surface area contributed by atoms with Gasteiger partial charge in [0.25, 0.3) is 5.56 Å². The summed E-state index contributed by atoms with van der Waals surface area (Å²) in [4.78, 5) is 25.6. The van der Waals surface area contributed by atoms with Gasteiger partial charge in [0.2, 0.25) is 0 Å². The van der Waals surface area contributed by atoms with Crippen LogP contribution in [0.1, 0.15) is 25.7 Å². The van der Waals surface area contributed by atoms with E-state index >= 15 is 0 Å². The first-order valence-electron chi connectivity index (χ1n) is 12.0. The van der Waals surface area contributed by atoms with E-state index in [2.05, 4.69) is 21.9 Å². The summed E-state index contributed by atoms with van der Waals surface area (Å²) < 4.78 is 14.4. The third-order valence-electron chi connectivity index (χ3n) is 7.44. The molecule has 6 heterocycles. The quantitative estimate of drug-likeness (QED) is 0.347. The summed E-state index contributed by atoms with van der Waals surface area (Å²) in [7, 11) is 2.24. The number of nitrogens with zero attached hydrogens (tertiary/aromatic N) is 4. The number of benzene rings is 1. The van der Waals surface area contributed by atoms with Crippen LogP contribution in [-0.4, -0.2) is 44.7 Å². The summed E-state index contributed by atoms with van der Waals surface area (Å²) in [6.07, 6.45) is 8.29. The van der Waals surface area contributed by atoms with E-state index in [-0.39, 0.29) is 11.7 Å². The number of pyridine rings is 1. The highest BCUT2D eigenvalue weighted by molar-refractivity contribution is 7.22. The molecule has 1 aromatic carbocycles. The second-order valence-corrected chi connectivity index (χ2v) is 10.5. The zero-order chi connectivity index (χ0) is 23.5. The lowest BCUT2D eigenvalue weighted by Gasteiger charge is -2.36. The normalized spacial score (nSPS) is 22.3. The SMILES string of the molecule is CN1[C@@H]2CC[C@H]1C[C@H](Oc1ccc(-n3cnc4cc(-c5cc6ncccc6o5)sc4c3=O)cc1)C2. The maximum Gasteiger partial charge on any atom is 0.275 e. The largest absolute Gasteiger partial charge is 0.490 e. The van der Waals surface area contributed by atoms with Crippen LogP contribution in [0.5, 0.6) is 5.75 Å². The number of hydrogen-bond donors (Lipinski definition) is 0. The predicted molar refractivity (Wildman–Crippen MR) is 136 cm³/mol. The van der Waals surface area contributed by atoms with Crippen molar-refractivity contribution in [3.63, 3.8) is 0 Å². The molecule has 3 atom stereocenters. The molecule has 8 heteroatoms. The Kier molecular flexibility index (Phi) is 4.78. The summed E-state index contributed by atoms with van der Waals surface area (Å²) in [5.41, 5.74) is 2.85. The highest BCUT2D eigenvalue weighted by atomic mass is 32.1. The molecule has 7 rings (SSSR count). The van der Waals surface area contributed by atoms with Gasteiger partial charge >= 0.3 is 0 Å². The Balaban J connectivity index is 1.15. The third kappa shape index (κ3) is 3.56. The number of piperidine rings is 1. The van der Waals surface area contributed by atoms with E-state index in [1.165, 1.54) is 24.2 Å². The van der Waals surface area contributed by atoms with Crippen molar-refractivity contribution in [2.45, 2.75) is 43.9 Å². The number of hydrogen-bond acceptors (Lipinski definition) is 7. The Morgan fingerprint density at radius 1 is 1.03 bits per heavy atom. The lowest BCUT2D eigenvalue weighted by Crippen LogP contribution is -2.43. The maximum atomic E-state index is 13.3. The molecule has 7 nitrogen and oxygen atoms in total. The van der Waals surface area contributed by atoms with E-state index in [1.54, 1.807) is 17.1 Å². The minimum atomic E-state index is -0.0963. The number of thiophene rings is 1. The molecule has 0 saturated carbocycles. The van der Waals surface area contributed by atoms with Crippen molar-refractivity contribution in [2.75, 3.05) is 7.05 Å². The van der Waals surface area contributed by atoms with Gasteiger partial charge in [0.1, 0.15) is 34.2 Å². The molecular weight excluding hydrogens is 460 g/mol. The van der Waals surface area contributed by atoms with Crippen molar-refractivity contribution >= 4 is 32.7 Å². The molecule has 0 amide bonds. The second kappa shape index (κ2) is 8.03. The average molecular weight is 485 g/mol. The van der Waals surface area contributed by atoms with Gasteiger partial charge in [-0.3, -0.25) is 14.3 Å². The first-order valence-corrected chi connectivity index (χ1v) is 12.8. The smallest absolute Gasteiger partial charge is 0.275 e. The number of ether oxygens (including phenoxy) is 1. The molecule has 35 heavy (non-hydrogen) atoms. The van der Waals surface area contributed by atoms with Gasteiger partial charge in [-0.2, -0.15) is 0 Å². The molecule has 0 aliphatic carbocycles. The fourth-order valence-corrected chi connectivity index (χ4v) is 6.54. The summed E-state index contributed by atoms with van der Waals surface area (Å²) in [5.74, 6) is 1.54. The minimum absolute atomic E-state index is 0.0963. The molecule has 4 aromatic heterocycles. The van der Waals surface area contributed by atoms with Gasteiger partial charge in [-0.1, -0.05) is 0 Å². The molecule has 0 N–H and O–H groups in total. The van der Waals surface area contributed by atoms with Gasteiger partial charge < -0.3 is 14.1 Å². The standard InChI is InChI=1S/C27H24N4O3S/c1-30-17-4-5-18(30)12-20(11-17)33-19-8-6-16(7-9-19)31-15-29-22-14-25(35-26(22)27(31)32)24-13-21-23(34-24)3-2-10-28-21/h2-3,6-10,13-15,17-18,20H,4-5,11-12H2,1H3/t17-,18+,20-. The fraction of sp³-hybridized carbons (Fsp3) is 0.296. The van der Waals surface area contributed by atoms with Crippen LogP contribution in [-0.2, 0) is 0 Å². The lowest BCUT2D eigenvalue weighted by atomic mass is 10.0. The van der Waals surface area contributed by atoms with E-state index in [9.17, 15) is 4.79 Å². The summed E-state index contributed by atoms with van der Waals surface area (Å²) in [6.45, 7) is 0. The Morgan fingerprint density at radius 2 is 1.83 bits per heavy atom. The van der Waals surface area contributed by atoms with Gasteiger partial charge in [-0.15, -0.1) is 11.3 Å². The average Bonchev–Trinajstić information content (AvgIpc) is 3.54. The summed E-state index contributed by atoms with van der Waals surface area (Å²) in [6, 6.07) is 16.6. The van der Waals surface area contributed by atoms with Crippen molar-refractivity contribution in [1.29, 1.82) is 0 Å². The molecule has 2 bridgehead atoms. The van der Waals surface area contributed by atoms with Crippen LogP contribution in [0.4, 0.5) is 0 Å². The second-order valence-electron chi connectivity index (χ2n) is 9.50. The molecule has 2 fully saturated rings. The molecule has 2 aliphatic rings. The van der Waals surface area contributed by atoms with Crippen LogP contribution in [0, 0.1) is 0 Å². The lowest BCUT2D eigenvalue weighted by molar-refractivity contribution is 0.0662. The van der Waals surface area contributed by atoms with E-state index in [1.807, 2.05) is 48.5 Å². The van der Waals surface area contributed by atoms with Gasteiger partial charge in [-0.25, -0.2) is 4.98 Å². The van der Waals surface area contributed by atoms with Gasteiger partial charge in [0, 0.05) is 24.3 Å². The van der Waals surface area contributed by atoms with E-state index in [0.717, 1.165) is 40.3 Å². The topological polar surface area (TPSA) is 73.4 Å². The predicted octanol–water partition coefficient (Wildman–Crippen LogP) is 5.26. The minimum Gasteiger partial charge on any atom is -0.490 e. The Labute approximate surface area is 205 Å². The molecule has 2 saturated heterocycles. The molecule has 0 spiro atoms.